The van der Waals surface area contributed by atoms with Gasteiger partial charge in [-0.2, -0.15) is 4.31 Å². The van der Waals surface area contributed by atoms with Gasteiger partial charge in [-0.1, -0.05) is 6.07 Å². The highest BCUT2D eigenvalue weighted by Gasteiger charge is 2.25. The monoisotopic (exact) mass is 359 g/mol. The van der Waals surface area contributed by atoms with Crippen LogP contribution in [-0.2, 0) is 19.6 Å². The fourth-order valence-electron chi connectivity index (χ4n) is 1.72. The van der Waals surface area contributed by atoms with Crippen LogP contribution in [0.4, 0.5) is 5.69 Å². The summed E-state index contributed by atoms with van der Waals surface area (Å²) in [5, 5.41) is 19.3. The molecule has 0 spiro atoms. The zero-order chi connectivity index (χ0) is 18.5. The maximum absolute atomic E-state index is 12.4. The lowest BCUT2D eigenvalue weighted by Crippen LogP contribution is -2.40. The number of sulfonamides is 1. The number of nitro groups is 1. The van der Waals surface area contributed by atoms with Gasteiger partial charge in [-0.3, -0.25) is 19.7 Å². The Morgan fingerprint density at radius 2 is 1.92 bits per heavy atom. The maximum atomic E-state index is 12.4. The van der Waals surface area contributed by atoms with E-state index >= 15 is 0 Å². The van der Waals surface area contributed by atoms with Crippen molar-refractivity contribution < 1.29 is 28.0 Å². The lowest BCUT2D eigenvalue weighted by molar-refractivity contribution is -0.385. The topological polar surface area (TPSA) is 138 Å². The van der Waals surface area contributed by atoms with Crippen LogP contribution in [0.15, 0.2) is 29.2 Å². The number of carboxylic acids is 1. The Hall–Kier alpha value is -2.53. The van der Waals surface area contributed by atoms with Crippen molar-refractivity contribution in [3.8, 4) is 0 Å². The van der Waals surface area contributed by atoms with Gasteiger partial charge >= 0.3 is 5.97 Å². The smallest absolute Gasteiger partial charge is 0.305 e. The fourth-order valence-corrected chi connectivity index (χ4v) is 2.88. The van der Waals surface area contributed by atoms with Crippen LogP contribution in [0.1, 0.15) is 6.42 Å². The lowest BCUT2D eigenvalue weighted by atomic mass is 10.3. The van der Waals surface area contributed by atoms with Crippen LogP contribution in [0.25, 0.3) is 0 Å². The Bertz CT molecular complexity index is 748. The van der Waals surface area contributed by atoms with Crippen LogP contribution in [0.2, 0.25) is 0 Å². The van der Waals surface area contributed by atoms with E-state index in [2.05, 4.69) is 0 Å². The van der Waals surface area contributed by atoms with Gasteiger partial charge in [-0.25, -0.2) is 8.42 Å². The molecule has 0 aliphatic carbocycles. The second-order valence-corrected chi connectivity index (χ2v) is 7.02. The van der Waals surface area contributed by atoms with Crippen LogP contribution in [0.3, 0.4) is 0 Å². The average molecular weight is 359 g/mol. The molecule has 1 N–H and O–H groups in total. The molecular weight excluding hydrogens is 342 g/mol. The van der Waals surface area contributed by atoms with E-state index in [1.54, 1.807) is 0 Å². The van der Waals surface area contributed by atoms with Gasteiger partial charge < -0.3 is 10.0 Å². The molecule has 0 aliphatic heterocycles. The van der Waals surface area contributed by atoms with E-state index in [4.69, 9.17) is 5.11 Å². The average Bonchev–Trinajstić information content (AvgIpc) is 2.52. The number of rotatable bonds is 8. The van der Waals surface area contributed by atoms with Crippen LogP contribution in [-0.4, -0.2) is 66.7 Å². The summed E-state index contributed by atoms with van der Waals surface area (Å²) in [5.74, 6) is -1.67. The molecule has 10 nitrogen and oxygen atoms in total. The van der Waals surface area contributed by atoms with Gasteiger partial charge in [-0.05, 0) is 6.07 Å². The molecule has 1 amide bonds. The lowest BCUT2D eigenvalue weighted by Gasteiger charge is -2.21. The van der Waals surface area contributed by atoms with E-state index in [1.807, 2.05) is 0 Å². The summed E-state index contributed by atoms with van der Waals surface area (Å²) in [6, 6.07) is 4.49. The summed E-state index contributed by atoms with van der Waals surface area (Å²) in [6.45, 7) is -0.569. The highest BCUT2D eigenvalue weighted by molar-refractivity contribution is 7.89. The van der Waals surface area contributed by atoms with Crippen LogP contribution >= 0.6 is 0 Å². The van der Waals surface area contributed by atoms with Crippen molar-refractivity contribution in [3.05, 3.63) is 34.4 Å². The Morgan fingerprint density at radius 1 is 1.29 bits per heavy atom. The number of carbonyl (C=O) groups excluding carboxylic acids is 1. The number of hydrogen-bond donors (Lipinski definition) is 1. The van der Waals surface area contributed by atoms with Crippen molar-refractivity contribution in [1.82, 2.24) is 9.21 Å². The van der Waals surface area contributed by atoms with Crippen LogP contribution in [0, 0.1) is 10.1 Å². The number of nitrogens with zero attached hydrogens (tertiary/aromatic N) is 3. The summed E-state index contributed by atoms with van der Waals surface area (Å²) in [4.78, 5) is 33.2. The Morgan fingerprint density at radius 3 is 2.46 bits per heavy atom. The van der Waals surface area contributed by atoms with Gasteiger partial charge in [0.15, 0.2) is 0 Å². The van der Waals surface area contributed by atoms with Crippen molar-refractivity contribution in [2.24, 2.45) is 0 Å². The van der Waals surface area contributed by atoms with Gasteiger partial charge in [-0.15, -0.1) is 0 Å². The summed E-state index contributed by atoms with van der Waals surface area (Å²) < 4.78 is 25.5. The molecule has 0 saturated carbocycles. The van der Waals surface area contributed by atoms with Crippen molar-refractivity contribution >= 4 is 27.6 Å². The fraction of sp³-hybridized carbons (Fsp3) is 0.385. The molecule has 1 rings (SSSR count). The number of amides is 1. The van der Waals surface area contributed by atoms with E-state index in [-0.39, 0.29) is 23.5 Å². The zero-order valence-corrected chi connectivity index (χ0v) is 13.9. The van der Waals surface area contributed by atoms with E-state index < -0.39 is 33.4 Å². The van der Waals surface area contributed by atoms with Gasteiger partial charge in [0.1, 0.15) is 0 Å². The molecule has 0 bridgehead atoms. The quantitative estimate of drug-likeness (QED) is 0.515. The number of carboxylic acid groups (broad SMARTS) is 1. The number of hydrogen-bond acceptors (Lipinski definition) is 6. The maximum Gasteiger partial charge on any atom is 0.305 e. The van der Waals surface area contributed by atoms with Crippen LogP contribution < -0.4 is 0 Å². The van der Waals surface area contributed by atoms with Crippen molar-refractivity contribution in [3.63, 3.8) is 0 Å². The predicted octanol–water partition coefficient (Wildman–Crippen LogP) is 0.148. The second kappa shape index (κ2) is 7.84. The van der Waals surface area contributed by atoms with Crippen LogP contribution in [0.5, 0.6) is 0 Å². The molecule has 1 aromatic carbocycles. The van der Waals surface area contributed by atoms with Crippen molar-refractivity contribution in [1.29, 1.82) is 0 Å². The highest BCUT2D eigenvalue weighted by atomic mass is 32.2. The Labute approximate surface area is 138 Å². The summed E-state index contributed by atoms with van der Waals surface area (Å²) in [7, 11) is -1.57. The molecule has 0 aliphatic rings. The summed E-state index contributed by atoms with van der Waals surface area (Å²) in [6.07, 6.45) is -0.260. The largest absolute Gasteiger partial charge is 0.481 e. The van der Waals surface area contributed by atoms with Gasteiger partial charge in [0.05, 0.1) is 22.8 Å². The number of non-ortho nitro benzene ring substituents is 1. The SMILES string of the molecule is CN(CCC(=O)O)C(=O)CN(C)S(=O)(=O)c1cccc([N+](=O)[O-])c1. The minimum absolute atomic E-state index is 0.0567. The Balaban J connectivity index is 2.87. The van der Waals surface area contributed by atoms with E-state index in [0.717, 1.165) is 28.4 Å². The van der Waals surface area contributed by atoms with Crippen molar-refractivity contribution in [2.75, 3.05) is 27.2 Å². The number of carbonyl (C=O) groups is 2. The molecule has 0 unspecified atom stereocenters. The number of likely N-dealkylation sites (N-methyl/N-ethyl adjacent to an activating group) is 2. The standard InChI is InChI=1S/C13H17N3O7S/c1-14(7-6-13(18)19)12(17)9-15(2)24(22,23)11-5-3-4-10(8-11)16(20)21/h3-5,8H,6-7,9H2,1-2H3,(H,18,19). The molecule has 24 heavy (non-hydrogen) atoms. The number of nitro benzene ring substituents is 1. The first-order chi connectivity index (χ1) is 11.1. The molecule has 0 aromatic heterocycles. The molecular formula is C13H17N3O7S. The van der Waals surface area contributed by atoms with Gasteiger partial charge in [0.25, 0.3) is 5.69 Å². The summed E-state index contributed by atoms with van der Waals surface area (Å²) in [5.41, 5.74) is -0.380. The highest BCUT2D eigenvalue weighted by Crippen LogP contribution is 2.20. The Kier molecular flexibility index (Phi) is 6.37. The molecule has 1 aromatic rings. The molecule has 0 radical (unpaired) electrons. The first-order valence-electron chi connectivity index (χ1n) is 6.72. The van der Waals surface area contributed by atoms with Crippen molar-refractivity contribution in [2.45, 2.75) is 11.3 Å². The van der Waals surface area contributed by atoms with E-state index in [0.29, 0.717) is 0 Å². The number of aliphatic carboxylic acids is 1. The van der Waals surface area contributed by atoms with Gasteiger partial charge in [0.2, 0.25) is 15.9 Å². The first-order valence-corrected chi connectivity index (χ1v) is 8.16. The third-order valence-corrected chi connectivity index (χ3v) is 4.98. The van der Waals surface area contributed by atoms with Gasteiger partial charge in [0, 0.05) is 32.8 Å². The predicted molar refractivity (Wildman–Crippen MR) is 82.8 cm³/mol. The third-order valence-electron chi connectivity index (χ3n) is 3.18. The molecule has 11 heteroatoms. The minimum atomic E-state index is -4.09. The molecule has 0 heterocycles. The normalized spacial score (nSPS) is 11.3. The van der Waals surface area contributed by atoms with E-state index in [1.165, 1.54) is 19.2 Å². The zero-order valence-electron chi connectivity index (χ0n) is 13.1. The van der Waals surface area contributed by atoms with E-state index in [9.17, 15) is 28.1 Å². The molecule has 0 atom stereocenters. The number of benzene rings is 1. The minimum Gasteiger partial charge on any atom is -0.481 e. The third kappa shape index (κ3) is 4.99. The molecule has 0 saturated heterocycles. The molecule has 0 fully saturated rings. The first kappa shape index (κ1) is 19.5. The molecule has 132 valence electrons. The second-order valence-electron chi connectivity index (χ2n) is 4.97. The summed E-state index contributed by atoms with van der Waals surface area (Å²) >= 11 is 0.